The Bertz CT molecular complexity index is 1480. The lowest BCUT2D eigenvalue weighted by atomic mass is 10.0. The number of hydrazone groups is 1. The van der Waals surface area contributed by atoms with E-state index >= 15 is 0 Å². The molecule has 0 saturated carbocycles. The van der Waals surface area contributed by atoms with Crippen molar-refractivity contribution in [1.82, 2.24) is 14.8 Å². The fraction of sp³-hybridized carbons (Fsp3) is 0.154. The standard InChI is InChI=1S/C26H23ClN6O3/c1-15-29-30-26-32(15)21-7-5-4-6-19(21)23(16-8-10-17(27)11-9-16)31-33(26)24(25(28)34)20-14-18(35-2)12-13-22(20)36-3/h4-14,24H,1-3H3,(H2,28,34). The summed E-state index contributed by atoms with van der Waals surface area (Å²) in [5.74, 6) is 1.29. The van der Waals surface area contributed by atoms with Crippen molar-refractivity contribution < 1.29 is 14.3 Å². The molecule has 1 aliphatic heterocycles. The number of halogens is 1. The molecule has 2 heterocycles. The van der Waals surface area contributed by atoms with Crippen LogP contribution in [-0.2, 0) is 4.79 Å². The molecule has 0 bridgehead atoms. The van der Waals surface area contributed by atoms with E-state index in [1.807, 2.05) is 47.9 Å². The predicted molar refractivity (Wildman–Crippen MR) is 137 cm³/mol. The van der Waals surface area contributed by atoms with Crippen molar-refractivity contribution in [3.05, 3.63) is 94.3 Å². The van der Waals surface area contributed by atoms with Crippen LogP contribution in [0.1, 0.15) is 28.6 Å². The van der Waals surface area contributed by atoms with E-state index in [4.69, 9.17) is 31.9 Å². The van der Waals surface area contributed by atoms with Gasteiger partial charge < -0.3 is 15.2 Å². The Labute approximate surface area is 212 Å². The highest BCUT2D eigenvalue weighted by atomic mass is 35.5. The predicted octanol–water partition coefficient (Wildman–Crippen LogP) is 4.05. The van der Waals surface area contributed by atoms with Gasteiger partial charge in [-0.15, -0.1) is 10.2 Å². The first-order chi connectivity index (χ1) is 17.4. The summed E-state index contributed by atoms with van der Waals surface area (Å²) in [6.45, 7) is 1.84. The Morgan fingerprint density at radius 3 is 2.44 bits per heavy atom. The lowest BCUT2D eigenvalue weighted by Gasteiger charge is -2.27. The highest BCUT2D eigenvalue weighted by Crippen LogP contribution is 2.38. The van der Waals surface area contributed by atoms with E-state index < -0.39 is 11.9 Å². The summed E-state index contributed by atoms with van der Waals surface area (Å²) in [6.07, 6.45) is 0. The molecule has 1 aliphatic rings. The van der Waals surface area contributed by atoms with Gasteiger partial charge in [-0.1, -0.05) is 41.9 Å². The van der Waals surface area contributed by atoms with Gasteiger partial charge in [-0.3, -0.25) is 9.36 Å². The number of ether oxygens (including phenoxy) is 2. The van der Waals surface area contributed by atoms with Crippen molar-refractivity contribution in [3.8, 4) is 17.2 Å². The summed E-state index contributed by atoms with van der Waals surface area (Å²) < 4.78 is 12.8. The number of carbonyl (C=O) groups excluding carboxylic acids is 1. The zero-order valence-corrected chi connectivity index (χ0v) is 20.6. The van der Waals surface area contributed by atoms with Gasteiger partial charge in [0, 0.05) is 21.7 Å². The van der Waals surface area contributed by atoms with Crippen molar-refractivity contribution in [2.45, 2.75) is 13.0 Å². The van der Waals surface area contributed by atoms with Crippen LogP contribution in [0.5, 0.6) is 11.5 Å². The van der Waals surface area contributed by atoms with E-state index in [0.29, 0.717) is 39.6 Å². The van der Waals surface area contributed by atoms with Gasteiger partial charge in [0.05, 0.1) is 19.9 Å². The van der Waals surface area contributed by atoms with Crippen LogP contribution in [-0.4, -0.2) is 40.6 Å². The maximum Gasteiger partial charge on any atom is 0.253 e. The van der Waals surface area contributed by atoms with Gasteiger partial charge in [-0.25, -0.2) is 5.01 Å². The van der Waals surface area contributed by atoms with Crippen LogP contribution in [0.2, 0.25) is 5.02 Å². The minimum absolute atomic E-state index is 0.331. The van der Waals surface area contributed by atoms with Crippen molar-refractivity contribution >= 4 is 29.2 Å². The monoisotopic (exact) mass is 502 g/mol. The molecule has 10 heteroatoms. The van der Waals surface area contributed by atoms with E-state index in [9.17, 15) is 4.79 Å². The molecule has 1 atom stereocenters. The number of amides is 1. The number of anilines is 1. The molecular formula is C26H23ClN6O3. The number of benzene rings is 3. The Morgan fingerprint density at radius 1 is 1.00 bits per heavy atom. The van der Waals surface area contributed by atoms with E-state index in [2.05, 4.69) is 10.2 Å². The number of nitrogens with two attached hydrogens (primary N) is 1. The lowest BCUT2D eigenvalue weighted by molar-refractivity contribution is -0.119. The molecule has 5 rings (SSSR count). The average Bonchev–Trinajstić information content (AvgIpc) is 3.20. The maximum atomic E-state index is 13.1. The van der Waals surface area contributed by atoms with Crippen LogP contribution in [0.15, 0.2) is 71.8 Å². The first kappa shape index (κ1) is 23.4. The summed E-state index contributed by atoms with van der Waals surface area (Å²) in [5.41, 5.74) is 9.54. The minimum atomic E-state index is -1.09. The van der Waals surface area contributed by atoms with Crippen LogP contribution in [0.4, 0.5) is 5.95 Å². The van der Waals surface area contributed by atoms with E-state index in [1.54, 1.807) is 37.4 Å². The summed E-state index contributed by atoms with van der Waals surface area (Å²) in [6, 6.07) is 19.2. The molecule has 3 aromatic carbocycles. The molecule has 0 aliphatic carbocycles. The number of methoxy groups -OCH3 is 2. The van der Waals surface area contributed by atoms with Crippen LogP contribution in [0, 0.1) is 6.92 Å². The third kappa shape index (κ3) is 3.93. The molecule has 0 saturated heterocycles. The second kappa shape index (κ2) is 9.35. The molecule has 4 aromatic rings. The summed E-state index contributed by atoms with van der Waals surface area (Å²) in [7, 11) is 3.07. The number of aryl methyl sites for hydroxylation is 1. The zero-order valence-electron chi connectivity index (χ0n) is 19.8. The number of nitrogens with zero attached hydrogens (tertiary/aromatic N) is 5. The Hall–Kier alpha value is -4.37. The van der Waals surface area contributed by atoms with Gasteiger partial charge in [0.1, 0.15) is 23.0 Å². The first-order valence-corrected chi connectivity index (χ1v) is 11.5. The fourth-order valence-corrected chi connectivity index (χ4v) is 4.44. The van der Waals surface area contributed by atoms with E-state index in [1.165, 1.54) is 12.1 Å². The quantitative estimate of drug-likeness (QED) is 0.426. The number of rotatable bonds is 6. The molecule has 182 valence electrons. The molecule has 9 nitrogen and oxygen atoms in total. The number of carbonyl (C=O) groups is 1. The molecule has 1 amide bonds. The van der Waals surface area contributed by atoms with Crippen molar-refractivity contribution in [1.29, 1.82) is 0 Å². The van der Waals surface area contributed by atoms with Crippen molar-refractivity contribution in [2.75, 3.05) is 19.2 Å². The van der Waals surface area contributed by atoms with Crippen LogP contribution < -0.4 is 20.2 Å². The number of aromatic nitrogens is 3. The van der Waals surface area contributed by atoms with E-state index in [0.717, 1.165) is 16.8 Å². The normalized spacial score (nSPS) is 13.2. The highest BCUT2D eigenvalue weighted by molar-refractivity contribution is 6.30. The smallest absolute Gasteiger partial charge is 0.253 e. The number of primary amides is 1. The van der Waals surface area contributed by atoms with Crippen LogP contribution >= 0.6 is 11.6 Å². The largest absolute Gasteiger partial charge is 0.497 e. The molecule has 0 spiro atoms. The lowest BCUT2D eigenvalue weighted by Crippen LogP contribution is -2.36. The minimum Gasteiger partial charge on any atom is -0.497 e. The topological polar surface area (TPSA) is 108 Å². The number of hydrogen-bond donors (Lipinski definition) is 1. The Morgan fingerprint density at radius 2 is 1.75 bits per heavy atom. The average molecular weight is 503 g/mol. The SMILES string of the molecule is COc1ccc(OC)c(C(C(N)=O)N2N=C(c3ccc(Cl)cc3)c3ccccc3-n3c(C)nnc32)c1. The van der Waals surface area contributed by atoms with Gasteiger partial charge in [0.25, 0.3) is 5.95 Å². The molecule has 1 aromatic heterocycles. The van der Waals surface area contributed by atoms with Crippen LogP contribution in [0.25, 0.3) is 5.69 Å². The second-order valence-corrected chi connectivity index (χ2v) is 8.55. The maximum absolute atomic E-state index is 13.1. The van der Waals surface area contributed by atoms with Crippen molar-refractivity contribution in [2.24, 2.45) is 10.8 Å². The van der Waals surface area contributed by atoms with Gasteiger partial charge in [-0.05, 0) is 43.3 Å². The molecule has 0 fully saturated rings. The number of fused-ring (bicyclic) bond motifs is 3. The Balaban J connectivity index is 1.82. The van der Waals surface area contributed by atoms with Gasteiger partial charge in [0.15, 0.2) is 6.04 Å². The van der Waals surface area contributed by atoms with Gasteiger partial charge in [-0.2, -0.15) is 5.10 Å². The summed E-state index contributed by atoms with van der Waals surface area (Å²) in [4.78, 5) is 13.1. The highest BCUT2D eigenvalue weighted by Gasteiger charge is 2.36. The Kier molecular flexibility index (Phi) is 6.07. The molecule has 2 N–H and O–H groups in total. The summed E-state index contributed by atoms with van der Waals surface area (Å²) >= 11 is 6.16. The molecule has 36 heavy (non-hydrogen) atoms. The molecule has 0 radical (unpaired) electrons. The third-order valence-electron chi connectivity index (χ3n) is 5.98. The van der Waals surface area contributed by atoms with Gasteiger partial charge in [0.2, 0.25) is 5.91 Å². The number of para-hydroxylation sites is 1. The van der Waals surface area contributed by atoms with Gasteiger partial charge >= 0.3 is 0 Å². The first-order valence-electron chi connectivity index (χ1n) is 11.1. The van der Waals surface area contributed by atoms with Crippen LogP contribution in [0.3, 0.4) is 0 Å². The second-order valence-electron chi connectivity index (χ2n) is 8.11. The fourth-order valence-electron chi connectivity index (χ4n) is 4.31. The molecule has 1 unspecified atom stereocenters. The summed E-state index contributed by atoms with van der Waals surface area (Å²) in [5, 5.41) is 15.8. The van der Waals surface area contributed by atoms with E-state index in [-0.39, 0.29) is 0 Å². The zero-order chi connectivity index (χ0) is 25.4. The molecular weight excluding hydrogens is 480 g/mol. The van der Waals surface area contributed by atoms with Crippen molar-refractivity contribution in [3.63, 3.8) is 0 Å². The third-order valence-corrected chi connectivity index (χ3v) is 6.24. The number of hydrogen-bond acceptors (Lipinski definition) is 7.